The lowest BCUT2D eigenvalue weighted by molar-refractivity contribution is -0.0468. The van der Waals surface area contributed by atoms with Crippen molar-refractivity contribution in [2.75, 3.05) is 24.6 Å². The first kappa shape index (κ1) is 14.5. The van der Waals surface area contributed by atoms with E-state index in [0.717, 1.165) is 5.56 Å². The summed E-state index contributed by atoms with van der Waals surface area (Å²) in [5.74, 6) is 0.0346. The van der Waals surface area contributed by atoms with Crippen LogP contribution >= 0.6 is 0 Å². The summed E-state index contributed by atoms with van der Waals surface area (Å²) in [4.78, 5) is 21.6. The molecule has 1 aliphatic heterocycles. The number of anilines is 1. The van der Waals surface area contributed by atoms with Gasteiger partial charge in [0.2, 0.25) is 0 Å². The molecule has 0 aromatic carbocycles. The molecule has 3 heterocycles. The molecule has 22 heavy (non-hydrogen) atoms. The van der Waals surface area contributed by atoms with Gasteiger partial charge >= 0.3 is 0 Å². The van der Waals surface area contributed by atoms with Gasteiger partial charge in [0.15, 0.2) is 0 Å². The van der Waals surface area contributed by atoms with Gasteiger partial charge in [-0.05, 0) is 6.92 Å². The summed E-state index contributed by atoms with van der Waals surface area (Å²) in [6.45, 7) is 3.83. The molecule has 2 aromatic rings. The lowest BCUT2D eigenvalue weighted by atomic mass is 9.97. The molecular formula is C14H18N6O2. The number of rotatable bonds is 3. The van der Waals surface area contributed by atoms with Gasteiger partial charge in [-0.15, -0.1) is 0 Å². The summed E-state index contributed by atoms with van der Waals surface area (Å²) in [5, 5.41) is 4.20. The van der Waals surface area contributed by atoms with Crippen molar-refractivity contribution in [1.82, 2.24) is 19.7 Å². The van der Waals surface area contributed by atoms with E-state index in [0.29, 0.717) is 25.5 Å². The van der Waals surface area contributed by atoms with Crippen LogP contribution in [-0.4, -0.2) is 45.4 Å². The molecule has 1 amide bonds. The second kappa shape index (κ2) is 5.38. The summed E-state index contributed by atoms with van der Waals surface area (Å²) >= 11 is 0. The topological polar surface area (TPSA) is 99.2 Å². The number of aryl methyl sites for hydroxylation is 1. The van der Waals surface area contributed by atoms with Crippen LogP contribution in [0.3, 0.4) is 0 Å². The van der Waals surface area contributed by atoms with E-state index < -0.39 is 11.5 Å². The SMILES string of the molecule is Cn1cc(C2(C)CN(c3cncc(C(N)=O)n3)CCO2)cn1. The second-order valence-electron chi connectivity index (χ2n) is 5.53. The van der Waals surface area contributed by atoms with Crippen molar-refractivity contribution in [2.45, 2.75) is 12.5 Å². The number of primary amides is 1. The smallest absolute Gasteiger partial charge is 0.268 e. The lowest BCUT2D eigenvalue weighted by Crippen LogP contribution is -2.48. The highest BCUT2D eigenvalue weighted by Gasteiger charge is 2.35. The zero-order valence-electron chi connectivity index (χ0n) is 12.6. The lowest BCUT2D eigenvalue weighted by Gasteiger charge is -2.40. The van der Waals surface area contributed by atoms with Gasteiger partial charge in [0.1, 0.15) is 17.1 Å². The maximum absolute atomic E-state index is 11.3. The molecular weight excluding hydrogens is 284 g/mol. The quantitative estimate of drug-likeness (QED) is 0.861. The Labute approximate surface area is 127 Å². The van der Waals surface area contributed by atoms with Crippen LogP contribution in [0.2, 0.25) is 0 Å². The predicted octanol–water partition coefficient (Wildman–Crippen LogP) is 0.0610. The normalized spacial score (nSPS) is 21.8. The van der Waals surface area contributed by atoms with Gasteiger partial charge in [0.25, 0.3) is 5.91 Å². The third kappa shape index (κ3) is 2.64. The maximum Gasteiger partial charge on any atom is 0.268 e. The minimum Gasteiger partial charge on any atom is -0.367 e. The molecule has 2 N–H and O–H groups in total. The van der Waals surface area contributed by atoms with E-state index in [1.54, 1.807) is 17.1 Å². The monoisotopic (exact) mass is 302 g/mol. The molecule has 3 rings (SSSR count). The Kier molecular flexibility index (Phi) is 3.53. The van der Waals surface area contributed by atoms with Gasteiger partial charge in [-0.1, -0.05) is 0 Å². The number of ether oxygens (including phenoxy) is 1. The van der Waals surface area contributed by atoms with Crippen molar-refractivity contribution >= 4 is 11.7 Å². The largest absolute Gasteiger partial charge is 0.367 e. The minimum absolute atomic E-state index is 0.159. The molecule has 2 aromatic heterocycles. The van der Waals surface area contributed by atoms with Gasteiger partial charge < -0.3 is 15.4 Å². The summed E-state index contributed by atoms with van der Waals surface area (Å²) in [6.07, 6.45) is 6.73. The predicted molar refractivity (Wildman–Crippen MR) is 79.3 cm³/mol. The van der Waals surface area contributed by atoms with Gasteiger partial charge in [0.05, 0.1) is 31.7 Å². The third-order valence-electron chi connectivity index (χ3n) is 3.79. The average Bonchev–Trinajstić information content (AvgIpc) is 2.95. The zero-order chi connectivity index (χ0) is 15.7. The number of morpholine rings is 1. The fraction of sp³-hybridized carbons (Fsp3) is 0.429. The highest BCUT2D eigenvalue weighted by Crippen LogP contribution is 2.30. The summed E-state index contributed by atoms with van der Waals surface area (Å²) in [6, 6.07) is 0. The van der Waals surface area contributed by atoms with Gasteiger partial charge in [-0.25, -0.2) is 4.98 Å². The Bertz CT molecular complexity index is 700. The van der Waals surface area contributed by atoms with E-state index in [-0.39, 0.29) is 5.69 Å². The van der Waals surface area contributed by atoms with E-state index >= 15 is 0 Å². The molecule has 116 valence electrons. The highest BCUT2D eigenvalue weighted by atomic mass is 16.5. The molecule has 1 saturated heterocycles. The molecule has 0 aliphatic carbocycles. The molecule has 0 bridgehead atoms. The van der Waals surface area contributed by atoms with Crippen molar-refractivity contribution in [3.8, 4) is 0 Å². The number of hydrogen-bond acceptors (Lipinski definition) is 6. The number of nitrogens with zero attached hydrogens (tertiary/aromatic N) is 5. The number of aromatic nitrogens is 4. The average molecular weight is 302 g/mol. The van der Waals surface area contributed by atoms with Crippen LogP contribution in [-0.2, 0) is 17.4 Å². The molecule has 1 aliphatic rings. The van der Waals surface area contributed by atoms with Crippen LogP contribution in [0.4, 0.5) is 5.82 Å². The van der Waals surface area contributed by atoms with Crippen LogP contribution in [0.15, 0.2) is 24.8 Å². The highest BCUT2D eigenvalue weighted by molar-refractivity contribution is 5.90. The van der Waals surface area contributed by atoms with Crippen LogP contribution in [0.1, 0.15) is 23.0 Å². The molecule has 0 radical (unpaired) electrons. The summed E-state index contributed by atoms with van der Waals surface area (Å²) < 4.78 is 7.71. The Morgan fingerprint density at radius 2 is 2.23 bits per heavy atom. The Hall–Kier alpha value is -2.48. The molecule has 1 atom stereocenters. The van der Waals surface area contributed by atoms with Crippen LogP contribution in [0.25, 0.3) is 0 Å². The van der Waals surface area contributed by atoms with E-state index in [2.05, 4.69) is 15.1 Å². The van der Waals surface area contributed by atoms with Gasteiger partial charge in [-0.3, -0.25) is 14.5 Å². The van der Waals surface area contributed by atoms with Crippen molar-refractivity contribution in [3.63, 3.8) is 0 Å². The van der Waals surface area contributed by atoms with Gasteiger partial charge in [0, 0.05) is 25.4 Å². The fourth-order valence-corrected chi connectivity index (χ4v) is 2.56. The van der Waals surface area contributed by atoms with Crippen LogP contribution in [0.5, 0.6) is 0 Å². The van der Waals surface area contributed by atoms with E-state index in [1.807, 2.05) is 25.1 Å². The first-order chi connectivity index (χ1) is 10.5. The van der Waals surface area contributed by atoms with Crippen LogP contribution < -0.4 is 10.6 Å². The first-order valence-corrected chi connectivity index (χ1v) is 6.98. The second-order valence-corrected chi connectivity index (χ2v) is 5.53. The van der Waals surface area contributed by atoms with E-state index in [1.165, 1.54) is 6.20 Å². The molecule has 8 heteroatoms. The van der Waals surface area contributed by atoms with E-state index in [9.17, 15) is 4.79 Å². The minimum atomic E-state index is -0.586. The van der Waals surface area contributed by atoms with E-state index in [4.69, 9.17) is 10.5 Å². The Morgan fingerprint density at radius 3 is 2.91 bits per heavy atom. The van der Waals surface area contributed by atoms with Crippen molar-refractivity contribution in [1.29, 1.82) is 0 Å². The number of hydrogen-bond donors (Lipinski definition) is 1. The van der Waals surface area contributed by atoms with Crippen molar-refractivity contribution in [3.05, 3.63) is 36.0 Å². The van der Waals surface area contributed by atoms with Crippen molar-refractivity contribution < 1.29 is 9.53 Å². The summed E-state index contributed by atoms with van der Waals surface area (Å²) in [5.41, 5.74) is 5.93. The fourth-order valence-electron chi connectivity index (χ4n) is 2.56. The molecule has 1 fully saturated rings. The third-order valence-corrected chi connectivity index (χ3v) is 3.79. The summed E-state index contributed by atoms with van der Waals surface area (Å²) in [7, 11) is 1.87. The molecule has 0 saturated carbocycles. The molecule has 8 nitrogen and oxygen atoms in total. The van der Waals surface area contributed by atoms with Crippen LogP contribution in [0, 0.1) is 0 Å². The number of amides is 1. The number of carbonyl (C=O) groups excluding carboxylic acids is 1. The number of nitrogens with two attached hydrogens (primary N) is 1. The maximum atomic E-state index is 11.3. The number of carbonyl (C=O) groups is 1. The first-order valence-electron chi connectivity index (χ1n) is 6.98. The Balaban J connectivity index is 1.87. The van der Waals surface area contributed by atoms with Crippen molar-refractivity contribution in [2.24, 2.45) is 12.8 Å². The molecule has 0 spiro atoms. The zero-order valence-corrected chi connectivity index (χ0v) is 12.6. The Morgan fingerprint density at radius 1 is 1.41 bits per heavy atom. The van der Waals surface area contributed by atoms with Gasteiger partial charge in [-0.2, -0.15) is 5.10 Å². The standard InChI is InChI=1S/C14H18N6O2/c1-14(10-5-17-19(2)8-10)9-20(3-4-22-14)12-7-16-6-11(18-12)13(15)21/h5-8H,3-4,9H2,1-2H3,(H2,15,21). The molecule has 1 unspecified atom stereocenters.